The van der Waals surface area contributed by atoms with E-state index in [-0.39, 0.29) is 18.3 Å². The molecule has 0 spiro atoms. The van der Waals surface area contributed by atoms with Crippen LogP contribution in [0.25, 0.3) is 21.7 Å². The smallest absolute Gasteiger partial charge is 0.408 e. The Morgan fingerprint density at radius 3 is 2.35 bits per heavy atom. The van der Waals surface area contributed by atoms with Crippen molar-refractivity contribution in [2.24, 2.45) is 5.92 Å². The van der Waals surface area contributed by atoms with Gasteiger partial charge in [-0.2, -0.15) is 0 Å². The van der Waals surface area contributed by atoms with Gasteiger partial charge in [0.15, 0.2) is 0 Å². The molecule has 3 aromatic carbocycles. The van der Waals surface area contributed by atoms with E-state index in [2.05, 4.69) is 5.32 Å². The molecule has 7 nitrogen and oxygen atoms in total. The number of hydrogen-bond donors (Lipinski definition) is 1. The minimum Gasteiger partial charge on any atom is -0.445 e. The molecule has 4 aromatic rings. The summed E-state index contributed by atoms with van der Waals surface area (Å²) in [6.45, 7) is 5.52. The van der Waals surface area contributed by atoms with Crippen molar-refractivity contribution in [2.45, 2.75) is 33.4 Å². The molecule has 1 aromatic heterocycles. The summed E-state index contributed by atoms with van der Waals surface area (Å²) in [5, 5.41) is 4.62. The van der Waals surface area contributed by atoms with Crippen molar-refractivity contribution in [3.8, 4) is 5.75 Å². The number of ether oxygens (including phenoxy) is 2. The van der Waals surface area contributed by atoms with Gasteiger partial charge in [-0.15, -0.1) is 0 Å². The van der Waals surface area contributed by atoms with E-state index in [1.807, 2.05) is 49.4 Å². The topological polar surface area (TPSA) is 94.8 Å². The van der Waals surface area contributed by atoms with Crippen LogP contribution >= 0.6 is 0 Å². The van der Waals surface area contributed by atoms with Crippen LogP contribution in [0.1, 0.15) is 25.0 Å². The standard InChI is InChI=1S/C27H25NO6/c1-16(2)24(28-27(31)32-15-18-9-5-4-6-10-18)26(30)33-19-13-17(3)23-20-11-7-8-12-21(20)25(29)34-22(23)14-19/h4-14,16,24H,15H2,1-3H3,(H,28,31). The molecule has 1 unspecified atom stereocenters. The van der Waals surface area contributed by atoms with Gasteiger partial charge in [-0.3, -0.25) is 0 Å². The second-order valence-electron chi connectivity index (χ2n) is 8.40. The van der Waals surface area contributed by atoms with Gasteiger partial charge in [-0.05, 0) is 36.1 Å². The number of esters is 1. The predicted molar refractivity (Wildman–Crippen MR) is 129 cm³/mol. The number of carbonyl (C=O) groups excluding carboxylic acids is 2. The number of fused-ring (bicyclic) bond motifs is 3. The summed E-state index contributed by atoms with van der Waals surface area (Å²) in [5.41, 5.74) is 1.48. The number of alkyl carbamates (subject to hydrolysis) is 1. The zero-order valence-electron chi connectivity index (χ0n) is 19.2. The first-order valence-corrected chi connectivity index (χ1v) is 11.0. The van der Waals surface area contributed by atoms with Crippen molar-refractivity contribution >= 4 is 33.8 Å². The number of amides is 1. The third kappa shape index (κ3) is 4.93. The molecule has 0 aliphatic heterocycles. The Morgan fingerprint density at radius 2 is 1.65 bits per heavy atom. The summed E-state index contributed by atoms with van der Waals surface area (Å²) in [6.07, 6.45) is -0.716. The Morgan fingerprint density at radius 1 is 0.971 bits per heavy atom. The van der Waals surface area contributed by atoms with Crippen LogP contribution < -0.4 is 15.7 Å². The van der Waals surface area contributed by atoms with Crippen molar-refractivity contribution in [2.75, 3.05) is 0 Å². The van der Waals surface area contributed by atoms with Gasteiger partial charge < -0.3 is 19.2 Å². The lowest BCUT2D eigenvalue weighted by Crippen LogP contribution is -2.46. The van der Waals surface area contributed by atoms with E-state index in [1.165, 1.54) is 6.07 Å². The normalized spacial score (nSPS) is 12.0. The van der Waals surface area contributed by atoms with E-state index in [4.69, 9.17) is 13.9 Å². The molecule has 1 atom stereocenters. The molecule has 7 heteroatoms. The van der Waals surface area contributed by atoms with Crippen LogP contribution in [0.5, 0.6) is 5.75 Å². The van der Waals surface area contributed by atoms with Crippen LogP contribution in [0.15, 0.2) is 75.9 Å². The van der Waals surface area contributed by atoms with Gasteiger partial charge in [0.2, 0.25) is 0 Å². The first kappa shape index (κ1) is 23.0. The molecule has 0 saturated carbocycles. The van der Waals surface area contributed by atoms with Gasteiger partial charge in [-0.25, -0.2) is 14.4 Å². The predicted octanol–water partition coefficient (Wildman–Crippen LogP) is 5.11. The maximum absolute atomic E-state index is 12.9. The Kier molecular flexibility index (Phi) is 6.63. The fourth-order valence-corrected chi connectivity index (χ4v) is 3.81. The summed E-state index contributed by atoms with van der Waals surface area (Å²) in [7, 11) is 0. The van der Waals surface area contributed by atoms with Gasteiger partial charge in [-0.1, -0.05) is 62.4 Å². The number of hydrogen-bond acceptors (Lipinski definition) is 6. The minimum absolute atomic E-state index is 0.0867. The molecule has 0 radical (unpaired) electrons. The largest absolute Gasteiger partial charge is 0.445 e. The molecule has 1 N–H and O–H groups in total. The van der Waals surface area contributed by atoms with Gasteiger partial charge in [0.25, 0.3) is 0 Å². The number of rotatable bonds is 6. The first-order chi connectivity index (χ1) is 16.3. The Labute approximate surface area is 196 Å². The SMILES string of the molecule is Cc1cc(OC(=O)C(NC(=O)OCc2ccccc2)C(C)C)cc2oc(=O)c3ccccc3c12. The lowest BCUT2D eigenvalue weighted by Gasteiger charge is -2.20. The summed E-state index contributed by atoms with van der Waals surface area (Å²) in [5.74, 6) is -0.674. The van der Waals surface area contributed by atoms with Crippen LogP contribution in [-0.2, 0) is 16.1 Å². The molecule has 1 amide bonds. The maximum atomic E-state index is 12.9. The minimum atomic E-state index is -0.928. The Hall–Kier alpha value is -4.13. The van der Waals surface area contributed by atoms with E-state index in [0.717, 1.165) is 21.9 Å². The molecular formula is C27H25NO6. The molecule has 34 heavy (non-hydrogen) atoms. The molecule has 174 valence electrons. The fraction of sp³-hybridized carbons (Fsp3) is 0.222. The summed E-state index contributed by atoms with van der Waals surface area (Å²) >= 11 is 0. The lowest BCUT2D eigenvalue weighted by molar-refractivity contribution is -0.137. The average Bonchev–Trinajstić information content (AvgIpc) is 2.81. The van der Waals surface area contributed by atoms with E-state index >= 15 is 0 Å². The first-order valence-electron chi connectivity index (χ1n) is 11.0. The van der Waals surface area contributed by atoms with Gasteiger partial charge in [0.1, 0.15) is 24.0 Å². The maximum Gasteiger partial charge on any atom is 0.408 e. The van der Waals surface area contributed by atoms with Gasteiger partial charge in [0, 0.05) is 16.8 Å². The molecule has 0 fully saturated rings. The monoisotopic (exact) mass is 459 g/mol. The Balaban J connectivity index is 1.52. The van der Waals surface area contributed by atoms with E-state index in [9.17, 15) is 14.4 Å². The van der Waals surface area contributed by atoms with Crippen molar-refractivity contribution in [3.63, 3.8) is 0 Å². The number of nitrogens with one attached hydrogen (secondary N) is 1. The summed E-state index contributed by atoms with van der Waals surface area (Å²) in [4.78, 5) is 37.6. The third-order valence-electron chi connectivity index (χ3n) is 5.52. The van der Waals surface area contributed by atoms with Crippen LogP contribution in [-0.4, -0.2) is 18.1 Å². The lowest BCUT2D eigenvalue weighted by atomic mass is 10.0. The molecular weight excluding hydrogens is 434 g/mol. The zero-order valence-corrected chi connectivity index (χ0v) is 19.2. The molecule has 4 rings (SSSR count). The summed E-state index contributed by atoms with van der Waals surface area (Å²) < 4.78 is 16.3. The quantitative estimate of drug-likeness (QED) is 0.186. The highest BCUT2D eigenvalue weighted by molar-refractivity contribution is 6.06. The molecule has 1 heterocycles. The van der Waals surface area contributed by atoms with Crippen LogP contribution in [0.3, 0.4) is 0 Å². The number of benzene rings is 3. The zero-order chi connectivity index (χ0) is 24.2. The molecule has 0 saturated heterocycles. The van der Waals surface area contributed by atoms with E-state index < -0.39 is 23.7 Å². The second-order valence-corrected chi connectivity index (χ2v) is 8.40. The van der Waals surface area contributed by atoms with Crippen LogP contribution in [0, 0.1) is 12.8 Å². The average molecular weight is 459 g/mol. The Bertz CT molecular complexity index is 1410. The highest BCUT2D eigenvalue weighted by Crippen LogP contribution is 2.30. The third-order valence-corrected chi connectivity index (χ3v) is 5.52. The van der Waals surface area contributed by atoms with E-state index in [1.54, 1.807) is 32.0 Å². The molecule has 0 aliphatic carbocycles. The van der Waals surface area contributed by atoms with Crippen molar-refractivity contribution in [1.29, 1.82) is 0 Å². The number of aryl methyl sites for hydroxylation is 1. The van der Waals surface area contributed by atoms with Gasteiger partial charge >= 0.3 is 17.7 Å². The fourth-order valence-electron chi connectivity index (χ4n) is 3.81. The highest BCUT2D eigenvalue weighted by Gasteiger charge is 2.27. The van der Waals surface area contributed by atoms with Crippen molar-refractivity contribution in [1.82, 2.24) is 5.32 Å². The highest BCUT2D eigenvalue weighted by atomic mass is 16.6. The van der Waals surface area contributed by atoms with Crippen molar-refractivity contribution < 1.29 is 23.5 Å². The van der Waals surface area contributed by atoms with E-state index in [0.29, 0.717) is 11.0 Å². The van der Waals surface area contributed by atoms with Gasteiger partial charge in [0.05, 0.1) is 5.39 Å². The summed E-state index contributed by atoms with van der Waals surface area (Å²) in [6, 6.07) is 18.7. The van der Waals surface area contributed by atoms with Crippen LogP contribution in [0.2, 0.25) is 0 Å². The second kappa shape index (κ2) is 9.79. The molecule has 0 bridgehead atoms. The van der Waals surface area contributed by atoms with Crippen LogP contribution in [0.4, 0.5) is 4.79 Å². The molecule has 0 aliphatic rings. The number of carbonyl (C=O) groups is 2. The van der Waals surface area contributed by atoms with Crippen molar-refractivity contribution in [3.05, 3.63) is 88.3 Å².